The van der Waals surface area contributed by atoms with Crippen molar-refractivity contribution in [1.82, 2.24) is 23.9 Å². The Hall–Kier alpha value is -6.84. The second kappa shape index (κ2) is 9.12. The topological polar surface area (TPSA) is 71.8 Å². The molecule has 6 heteroatoms. The number of para-hydroxylation sites is 2. The van der Waals surface area contributed by atoms with Crippen molar-refractivity contribution in [3.63, 3.8) is 0 Å². The van der Waals surface area contributed by atoms with Crippen LogP contribution < -0.4 is 0 Å². The summed E-state index contributed by atoms with van der Waals surface area (Å²) in [5.74, 6) is 0.555. The lowest BCUT2D eigenvalue weighted by molar-refractivity contribution is 1.01. The first-order chi connectivity index (χ1) is 23.8. The average molecular weight is 611 g/mol. The van der Waals surface area contributed by atoms with Crippen molar-refractivity contribution < 1.29 is 0 Å². The molecule has 0 aliphatic carbocycles. The third-order valence-corrected chi connectivity index (χ3v) is 9.93. The first kappa shape index (κ1) is 25.4. The molecular weight excluding hydrogens is 589 g/mol. The summed E-state index contributed by atoms with van der Waals surface area (Å²) >= 11 is 0. The minimum Gasteiger partial charge on any atom is -0.307 e. The fraction of sp³-hybridized carbons (Fsp3) is 0. The fourth-order valence-electron chi connectivity index (χ4n) is 7.94. The summed E-state index contributed by atoms with van der Waals surface area (Å²) in [7, 11) is 0. The molecule has 220 valence electrons. The van der Waals surface area contributed by atoms with Crippen LogP contribution in [0.25, 0.3) is 98.9 Å². The highest BCUT2D eigenvalue weighted by atomic mass is 15.2. The molecule has 0 aliphatic heterocycles. The molecule has 0 unspecified atom stereocenters. The summed E-state index contributed by atoms with van der Waals surface area (Å²) < 4.78 is 4.69. The van der Waals surface area contributed by atoms with Crippen LogP contribution >= 0.6 is 0 Å². The lowest BCUT2D eigenvalue weighted by Gasteiger charge is -2.12. The summed E-state index contributed by atoms with van der Waals surface area (Å²) in [4.78, 5) is 15.2. The van der Waals surface area contributed by atoms with E-state index in [1.165, 1.54) is 48.9 Å². The molecule has 0 spiro atoms. The van der Waals surface area contributed by atoms with Crippen LogP contribution in [0.3, 0.4) is 0 Å². The normalized spacial score (nSPS) is 12.1. The SMILES string of the molecule is N#Cc1ccc(-c2nc(-n3c4ccccc4c4cc5c6ccccc6n6c7c8ccccc8ccc7c(c43)c56)nc3ncccc23)cc1. The molecule has 0 radical (unpaired) electrons. The fourth-order valence-corrected chi connectivity index (χ4v) is 7.94. The minimum atomic E-state index is 0.555. The quantitative estimate of drug-likeness (QED) is 0.195. The Morgan fingerprint density at radius 1 is 0.542 bits per heavy atom. The molecule has 5 heterocycles. The first-order valence-corrected chi connectivity index (χ1v) is 15.9. The van der Waals surface area contributed by atoms with Gasteiger partial charge in [0.1, 0.15) is 0 Å². The van der Waals surface area contributed by atoms with Gasteiger partial charge in [0, 0.05) is 54.9 Å². The standard InChI is InChI=1S/C42H22N6/c43-23-24-15-17-26(18-16-24)37-31-12-7-21-44-41(31)46-42(45-37)48-35-14-6-4-11-29(35)33-22-32-28-10-3-5-13-34(28)47-38-27-9-2-1-8-25(27)19-20-30(38)36(39(32)47)40(33)48/h1-22H. The van der Waals surface area contributed by atoms with Crippen LogP contribution in [-0.4, -0.2) is 23.9 Å². The Labute approximate surface area is 272 Å². The van der Waals surface area contributed by atoms with Gasteiger partial charge in [-0.05, 0) is 47.9 Å². The van der Waals surface area contributed by atoms with E-state index < -0.39 is 0 Å². The Kier molecular flexibility index (Phi) is 4.82. The maximum atomic E-state index is 9.45. The second-order valence-corrected chi connectivity index (χ2v) is 12.4. The first-order valence-electron chi connectivity index (χ1n) is 15.9. The molecule has 6 nitrogen and oxygen atoms in total. The lowest BCUT2D eigenvalue weighted by atomic mass is 10.0. The van der Waals surface area contributed by atoms with Gasteiger partial charge < -0.3 is 4.40 Å². The second-order valence-electron chi connectivity index (χ2n) is 12.4. The third kappa shape index (κ3) is 3.17. The van der Waals surface area contributed by atoms with Gasteiger partial charge in [0.2, 0.25) is 5.95 Å². The highest BCUT2D eigenvalue weighted by molar-refractivity contribution is 6.36. The number of benzene rings is 6. The molecule has 0 saturated carbocycles. The molecule has 0 saturated heterocycles. The van der Waals surface area contributed by atoms with Crippen molar-refractivity contribution in [2.75, 3.05) is 0 Å². The number of nitrogens with zero attached hydrogens (tertiary/aromatic N) is 6. The summed E-state index contributed by atoms with van der Waals surface area (Å²) in [5.41, 5.74) is 8.60. The molecule has 0 aliphatic rings. The molecule has 48 heavy (non-hydrogen) atoms. The maximum absolute atomic E-state index is 9.45. The molecule has 0 atom stereocenters. The van der Waals surface area contributed by atoms with Crippen LogP contribution in [0.15, 0.2) is 134 Å². The van der Waals surface area contributed by atoms with Gasteiger partial charge in [0.25, 0.3) is 0 Å². The van der Waals surface area contributed by atoms with Crippen LogP contribution in [0.4, 0.5) is 0 Å². The monoisotopic (exact) mass is 610 g/mol. The number of pyridine rings is 1. The number of fused-ring (bicyclic) bond motifs is 13. The van der Waals surface area contributed by atoms with Gasteiger partial charge in [-0.3, -0.25) is 4.57 Å². The zero-order valence-corrected chi connectivity index (χ0v) is 25.4. The van der Waals surface area contributed by atoms with Gasteiger partial charge in [-0.2, -0.15) is 10.2 Å². The van der Waals surface area contributed by atoms with Gasteiger partial charge in [-0.25, -0.2) is 9.97 Å². The van der Waals surface area contributed by atoms with E-state index in [0.29, 0.717) is 17.2 Å². The predicted octanol–water partition coefficient (Wildman–Crippen LogP) is 9.96. The van der Waals surface area contributed by atoms with E-state index in [1.54, 1.807) is 6.20 Å². The van der Waals surface area contributed by atoms with E-state index >= 15 is 0 Å². The Bertz CT molecular complexity index is 3180. The van der Waals surface area contributed by atoms with Crippen molar-refractivity contribution in [2.24, 2.45) is 0 Å². The van der Waals surface area contributed by atoms with E-state index in [2.05, 4.69) is 106 Å². The zero-order chi connectivity index (χ0) is 31.5. The van der Waals surface area contributed by atoms with E-state index in [1.807, 2.05) is 36.4 Å². The van der Waals surface area contributed by atoms with Gasteiger partial charge in [0.15, 0.2) is 5.65 Å². The van der Waals surface area contributed by atoms with Crippen molar-refractivity contribution in [3.8, 4) is 23.3 Å². The van der Waals surface area contributed by atoms with Gasteiger partial charge >= 0.3 is 0 Å². The molecule has 11 rings (SSSR count). The summed E-state index contributed by atoms with van der Waals surface area (Å²) in [6.45, 7) is 0. The molecule has 0 bridgehead atoms. The van der Waals surface area contributed by atoms with Gasteiger partial charge in [-0.1, -0.05) is 84.9 Å². The molecule has 5 aromatic heterocycles. The summed E-state index contributed by atoms with van der Waals surface area (Å²) in [6, 6.07) is 46.5. The molecule has 0 N–H and O–H groups in total. The third-order valence-electron chi connectivity index (χ3n) is 9.93. The van der Waals surface area contributed by atoms with Crippen molar-refractivity contribution in [2.45, 2.75) is 0 Å². The summed E-state index contributed by atoms with van der Waals surface area (Å²) in [6.07, 6.45) is 1.77. The molecular formula is C42H22N6. The molecule has 0 amide bonds. The predicted molar refractivity (Wildman–Crippen MR) is 194 cm³/mol. The van der Waals surface area contributed by atoms with Gasteiger partial charge in [0.05, 0.1) is 44.9 Å². The highest BCUT2D eigenvalue weighted by Crippen LogP contribution is 2.47. The van der Waals surface area contributed by atoms with Crippen LogP contribution in [0, 0.1) is 11.3 Å². The highest BCUT2D eigenvalue weighted by Gasteiger charge is 2.26. The van der Waals surface area contributed by atoms with Crippen LogP contribution in [-0.2, 0) is 0 Å². The number of hydrogen-bond acceptors (Lipinski definition) is 4. The largest absolute Gasteiger partial charge is 0.307 e. The molecule has 0 fully saturated rings. The zero-order valence-electron chi connectivity index (χ0n) is 25.4. The van der Waals surface area contributed by atoms with Gasteiger partial charge in [-0.15, -0.1) is 0 Å². The van der Waals surface area contributed by atoms with E-state index in [4.69, 9.17) is 15.0 Å². The Morgan fingerprint density at radius 2 is 1.25 bits per heavy atom. The smallest absolute Gasteiger partial charge is 0.237 e. The molecule has 11 aromatic rings. The average Bonchev–Trinajstić information content (AvgIpc) is 3.79. The summed E-state index contributed by atoms with van der Waals surface area (Å²) in [5, 5.41) is 19.9. The Morgan fingerprint density at radius 3 is 2.08 bits per heavy atom. The molecule has 6 aromatic carbocycles. The van der Waals surface area contributed by atoms with E-state index in [9.17, 15) is 5.26 Å². The number of hydrogen-bond donors (Lipinski definition) is 0. The van der Waals surface area contributed by atoms with Crippen molar-refractivity contribution in [3.05, 3.63) is 139 Å². The van der Waals surface area contributed by atoms with Crippen molar-refractivity contribution in [1.29, 1.82) is 5.26 Å². The number of rotatable bonds is 2. The van der Waals surface area contributed by atoms with E-state index in [-0.39, 0.29) is 0 Å². The number of aromatic nitrogens is 5. The van der Waals surface area contributed by atoms with E-state index in [0.717, 1.165) is 38.4 Å². The Balaban J connectivity index is 1.38. The van der Waals surface area contributed by atoms with Crippen LogP contribution in [0.5, 0.6) is 0 Å². The lowest BCUT2D eigenvalue weighted by Crippen LogP contribution is -2.04. The minimum absolute atomic E-state index is 0.555. The van der Waals surface area contributed by atoms with Crippen LogP contribution in [0.2, 0.25) is 0 Å². The van der Waals surface area contributed by atoms with Crippen LogP contribution in [0.1, 0.15) is 5.56 Å². The number of nitriles is 1. The van der Waals surface area contributed by atoms with Crippen molar-refractivity contribution >= 4 is 81.7 Å². The maximum Gasteiger partial charge on any atom is 0.237 e.